The van der Waals surface area contributed by atoms with Crippen LogP contribution in [0, 0.1) is 0 Å². The minimum atomic E-state index is -0.272. The van der Waals surface area contributed by atoms with Crippen LogP contribution in [-0.2, 0) is 16.1 Å². The molecule has 0 saturated carbocycles. The third kappa shape index (κ3) is 4.75. The van der Waals surface area contributed by atoms with Gasteiger partial charge in [-0.25, -0.2) is 4.98 Å². The van der Waals surface area contributed by atoms with Gasteiger partial charge in [0.15, 0.2) is 11.5 Å². The molecule has 1 aromatic carbocycles. The Bertz CT molecular complexity index is 1400. The number of thiocarbonyl (C=S) groups is 1. The van der Waals surface area contributed by atoms with E-state index in [0.717, 1.165) is 12.0 Å². The number of benzene rings is 1. The predicted molar refractivity (Wildman–Crippen MR) is 138 cm³/mol. The van der Waals surface area contributed by atoms with E-state index in [-0.39, 0.29) is 24.8 Å². The van der Waals surface area contributed by atoms with Crippen LogP contribution < -0.4 is 20.3 Å². The lowest BCUT2D eigenvalue weighted by Gasteiger charge is -2.14. The minimum Gasteiger partial charge on any atom is -0.454 e. The van der Waals surface area contributed by atoms with Gasteiger partial charge in [0.25, 0.3) is 11.5 Å². The Morgan fingerprint density at radius 3 is 2.94 bits per heavy atom. The van der Waals surface area contributed by atoms with Gasteiger partial charge in [-0.3, -0.25) is 18.9 Å². The smallest absolute Gasteiger partial charge is 0.267 e. The number of pyridine rings is 1. The molecule has 4 heterocycles. The monoisotopic (exact) mass is 510 g/mol. The second-order valence-electron chi connectivity index (χ2n) is 7.84. The minimum absolute atomic E-state index is 0.180. The van der Waals surface area contributed by atoms with Gasteiger partial charge in [-0.1, -0.05) is 36.1 Å². The fourth-order valence-corrected chi connectivity index (χ4v) is 5.02. The van der Waals surface area contributed by atoms with Crippen LogP contribution >= 0.6 is 24.0 Å². The number of methoxy groups -OCH3 is 1. The van der Waals surface area contributed by atoms with Gasteiger partial charge >= 0.3 is 0 Å². The summed E-state index contributed by atoms with van der Waals surface area (Å²) in [6.45, 7) is 1.61. The van der Waals surface area contributed by atoms with Crippen molar-refractivity contribution in [2.45, 2.75) is 13.0 Å². The SMILES string of the molecule is COCCCNc1nc2ccccn2c(=O)c1C=C1SC(=S)N(Cc2ccc3c(c2)OCO3)C1=O. The second kappa shape index (κ2) is 10.1. The Morgan fingerprint density at radius 1 is 1.23 bits per heavy atom. The lowest BCUT2D eigenvalue weighted by Crippen LogP contribution is -2.27. The predicted octanol–water partition coefficient (Wildman–Crippen LogP) is 3.27. The van der Waals surface area contributed by atoms with E-state index in [1.807, 2.05) is 24.3 Å². The lowest BCUT2D eigenvalue weighted by atomic mass is 10.2. The molecule has 0 atom stereocenters. The average Bonchev–Trinajstić information content (AvgIpc) is 3.43. The number of thioether (sulfide) groups is 1. The van der Waals surface area contributed by atoms with Crippen LogP contribution in [0.5, 0.6) is 11.5 Å². The Hall–Kier alpha value is -3.41. The van der Waals surface area contributed by atoms with Crippen LogP contribution in [0.3, 0.4) is 0 Å². The van der Waals surface area contributed by atoms with Gasteiger partial charge in [0.05, 0.1) is 17.0 Å². The summed E-state index contributed by atoms with van der Waals surface area (Å²) in [6, 6.07) is 10.9. The van der Waals surface area contributed by atoms with Crippen LogP contribution in [0.4, 0.5) is 5.82 Å². The van der Waals surface area contributed by atoms with Crippen molar-refractivity contribution in [2.24, 2.45) is 0 Å². The largest absolute Gasteiger partial charge is 0.454 e. The number of nitrogens with zero attached hydrogens (tertiary/aromatic N) is 3. The maximum atomic E-state index is 13.3. The summed E-state index contributed by atoms with van der Waals surface area (Å²) in [7, 11) is 1.64. The Kier molecular flexibility index (Phi) is 6.71. The fraction of sp³-hybridized carbons (Fsp3) is 0.250. The van der Waals surface area contributed by atoms with Crippen molar-refractivity contribution < 1.29 is 19.0 Å². The summed E-state index contributed by atoms with van der Waals surface area (Å²) >= 11 is 6.66. The number of rotatable bonds is 8. The quantitative estimate of drug-likeness (QED) is 0.278. The standard InChI is InChI=1S/C24H22N4O5S2/c1-31-10-4-8-25-21-16(22(29)27-9-3-2-5-20(27)26-21)12-19-23(30)28(24(34)35-19)13-15-6-7-17-18(11-15)33-14-32-17/h2-3,5-7,9,11-12,25H,4,8,10,13-14H2,1H3. The van der Waals surface area contributed by atoms with E-state index in [0.29, 0.717) is 50.9 Å². The summed E-state index contributed by atoms with van der Waals surface area (Å²) in [5.74, 6) is 1.47. The highest BCUT2D eigenvalue weighted by Gasteiger charge is 2.33. The molecule has 35 heavy (non-hydrogen) atoms. The molecule has 0 aliphatic carbocycles. The van der Waals surface area contributed by atoms with Gasteiger partial charge < -0.3 is 19.5 Å². The van der Waals surface area contributed by atoms with E-state index < -0.39 is 0 Å². The van der Waals surface area contributed by atoms with Crippen LogP contribution in [-0.4, -0.2) is 51.6 Å². The van der Waals surface area contributed by atoms with Crippen molar-refractivity contribution in [3.05, 3.63) is 69.0 Å². The molecule has 1 saturated heterocycles. The van der Waals surface area contributed by atoms with Crippen LogP contribution in [0.25, 0.3) is 11.7 Å². The summed E-state index contributed by atoms with van der Waals surface area (Å²) in [6.07, 6.45) is 3.97. The summed E-state index contributed by atoms with van der Waals surface area (Å²) in [5.41, 5.74) is 1.40. The maximum absolute atomic E-state index is 13.3. The lowest BCUT2D eigenvalue weighted by molar-refractivity contribution is -0.122. The number of anilines is 1. The Labute approximate surface area is 210 Å². The molecule has 9 nitrogen and oxygen atoms in total. The summed E-state index contributed by atoms with van der Waals surface area (Å²) in [4.78, 5) is 33.1. The zero-order chi connectivity index (χ0) is 24.4. The maximum Gasteiger partial charge on any atom is 0.267 e. The molecule has 2 aromatic heterocycles. The molecule has 0 radical (unpaired) electrons. The van der Waals surface area contributed by atoms with E-state index in [2.05, 4.69) is 10.3 Å². The van der Waals surface area contributed by atoms with E-state index in [1.165, 1.54) is 21.1 Å². The zero-order valence-corrected chi connectivity index (χ0v) is 20.5. The first-order valence-corrected chi connectivity index (χ1v) is 12.2. The van der Waals surface area contributed by atoms with Crippen molar-refractivity contribution in [3.63, 3.8) is 0 Å². The van der Waals surface area contributed by atoms with E-state index in [1.54, 1.807) is 31.5 Å². The van der Waals surface area contributed by atoms with Gasteiger partial charge in [-0.15, -0.1) is 0 Å². The molecule has 1 N–H and O–H groups in total. The van der Waals surface area contributed by atoms with Gasteiger partial charge in [-0.05, 0) is 42.3 Å². The highest BCUT2D eigenvalue weighted by atomic mass is 32.2. The first kappa shape index (κ1) is 23.3. The van der Waals surface area contributed by atoms with Gasteiger partial charge in [-0.2, -0.15) is 0 Å². The molecule has 0 unspecified atom stereocenters. The fourth-order valence-electron chi connectivity index (χ4n) is 3.78. The molecule has 1 fully saturated rings. The molecule has 0 spiro atoms. The molecular formula is C24H22N4O5S2. The molecule has 11 heteroatoms. The van der Waals surface area contributed by atoms with Gasteiger partial charge in [0.2, 0.25) is 6.79 Å². The van der Waals surface area contributed by atoms with Crippen molar-refractivity contribution >= 4 is 51.7 Å². The van der Waals surface area contributed by atoms with Crippen molar-refractivity contribution in [1.29, 1.82) is 0 Å². The number of aromatic nitrogens is 2. The zero-order valence-electron chi connectivity index (χ0n) is 18.9. The number of fused-ring (bicyclic) bond motifs is 2. The summed E-state index contributed by atoms with van der Waals surface area (Å²) < 4.78 is 17.8. The average molecular weight is 511 g/mol. The number of carbonyl (C=O) groups is 1. The molecule has 1 amide bonds. The normalized spacial score (nSPS) is 16.0. The van der Waals surface area contributed by atoms with E-state index >= 15 is 0 Å². The number of nitrogens with one attached hydrogen (secondary N) is 1. The highest BCUT2D eigenvalue weighted by molar-refractivity contribution is 8.26. The Balaban J connectivity index is 1.45. The number of ether oxygens (including phenoxy) is 3. The molecule has 2 aliphatic heterocycles. The number of hydrogen-bond donors (Lipinski definition) is 1. The molecule has 0 bridgehead atoms. The van der Waals surface area contributed by atoms with Crippen molar-refractivity contribution in [2.75, 3.05) is 32.4 Å². The van der Waals surface area contributed by atoms with Gasteiger partial charge in [0.1, 0.15) is 15.8 Å². The van der Waals surface area contributed by atoms with Crippen molar-refractivity contribution in [1.82, 2.24) is 14.3 Å². The van der Waals surface area contributed by atoms with Crippen LogP contribution in [0.15, 0.2) is 52.3 Å². The Morgan fingerprint density at radius 2 is 2.09 bits per heavy atom. The van der Waals surface area contributed by atoms with Gasteiger partial charge in [0, 0.05) is 26.5 Å². The first-order valence-electron chi connectivity index (χ1n) is 10.9. The number of carbonyl (C=O) groups excluding carboxylic acids is 1. The molecule has 180 valence electrons. The molecule has 5 rings (SSSR count). The second-order valence-corrected chi connectivity index (χ2v) is 9.51. The molecule has 3 aromatic rings. The van der Waals surface area contributed by atoms with Crippen molar-refractivity contribution in [3.8, 4) is 11.5 Å². The number of hydrogen-bond acceptors (Lipinski definition) is 9. The van der Waals surface area contributed by atoms with Crippen LogP contribution in [0.1, 0.15) is 17.5 Å². The number of amides is 1. The topological polar surface area (TPSA) is 94.4 Å². The highest BCUT2D eigenvalue weighted by Crippen LogP contribution is 2.36. The third-order valence-corrected chi connectivity index (χ3v) is 6.89. The molecule has 2 aliphatic rings. The van der Waals surface area contributed by atoms with E-state index in [4.69, 9.17) is 26.4 Å². The first-order chi connectivity index (χ1) is 17.0. The molecular weight excluding hydrogens is 488 g/mol. The third-order valence-electron chi connectivity index (χ3n) is 5.51. The van der Waals surface area contributed by atoms with E-state index in [9.17, 15) is 9.59 Å². The summed E-state index contributed by atoms with van der Waals surface area (Å²) in [5, 5.41) is 3.21. The van der Waals surface area contributed by atoms with Crippen LogP contribution in [0.2, 0.25) is 0 Å².